The monoisotopic (exact) mass is 216 g/mol. The SMILES string of the molecule is c1ccc(-c2nnn(C3CCNC3)n2)nc1. The Hall–Kier alpha value is -1.82. The van der Waals surface area contributed by atoms with Crippen LogP contribution in [0.2, 0.25) is 0 Å². The van der Waals surface area contributed by atoms with E-state index in [1.165, 1.54) is 0 Å². The number of nitrogens with zero attached hydrogens (tertiary/aromatic N) is 5. The van der Waals surface area contributed by atoms with Crippen molar-refractivity contribution in [1.82, 2.24) is 30.5 Å². The van der Waals surface area contributed by atoms with Gasteiger partial charge in [0, 0.05) is 12.7 Å². The van der Waals surface area contributed by atoms with Crippen molar-refractivity contribution in [2.75, 3.05) is 13.1 Å². The van der Waals surface area contributed by atoms with Gasteiger partial charge < -0.3 is 5.32 Å². The second-order valence-electron chi connectivity index (χ2n) is 3.80. The van der Waals surface area contributed by atoms with Crippen molar-refractivity contribution in [2.45, 2.75) is 12.5 Å². The Morgan fingerprint density at radius 2 is 2.38 bits per heavy atom. The summed E-state index contributed by atoms with van der Waals surface area (Å²) in [4.78, 5) is 5.88. The summed E-state index contributed by atoms with van der Waals surface area (Å²) in [6.45, 7) is 1.93. The van der Waals surface area contributed by atoms with Crippen LogP contribution in [0.5, 0.6) is 0 Å². The van der Waals surface area contributed by atoms with Crippen molar-refractivity contribution in [3.05, 3.63) is 24.4 Å². The second-order valence-corrected chi connectivity index (χ2v) is 3.80. The summed E-state index contributed by atoms with van der Waals surface area (Å²) in [6.07, 6.45) is 2.78. The maximum absolute atomic E-state index is 4.35. The van der Waals surface area contributed by atoms with Crippen molar-refractivity contribution in [3.8, 4) is 11.5 Å². The molecule has 3 rings (SSSR count). The van der Waals surface area contributed by atoms with Crippen LogP contribution in [0.4, 0.5) is 0 Å². The number of hydrogen-bond acceptors (Lipinski definition) is 5. The fourth-order valence-electron chi connectivity index (χ4n) is 1.81. The van der Waals surface area contributed by atoms with Crippen LogP contribution < -0.4 is 5.32 Å². The lowest BCUT2D eigenvalue weighted by Gasteiger charge is -2.03. The summed E-state index contributed by atoms with van der Waals surface area (Å²) in [6, 6.07) is 5.99. The summed E-state index contributed by atoms with van der Waals surface area (Å²) in [5.41, 5.74) is 0.764. The third kappa shape index (κ3) is 1.67. The van der Waals surface area contributed by atoms with Crippen LogP contribution in [0.25, 0.3) is 11.5 Å². The molecule has 82 valence electrons. The normalized spacial score (nSPS) is 20.1. The lowest BCUT2D eigenvalue weighted by Crippen LogP contribution is -2.15. The largest absolute Gasteiger partial charge is 0.314 e. The molecule has 0 amide bonds. The van der Waals surface area contributed by atoms with Gasteiger partial charge in [0.25, 0.3) is 0 Å². The minimum absolute atomic E-state index is 0.324. The van der Waals surface area contributed by atoms with Crippen LogP contribution in [0.15, 0.2) is 24.4 Å². The predicted octanol–water partition coefficient (Wildman–Crippen LogP) is 0.269. The van der Waals surface area contributed by atoms with E-state index in [1.54, 1.807) is 11.0 Å². The first-order chi connectivity index (χ1) is 7.93. The fourth-order valence-corrected chi connectivity index (χ4v) is 1.81. The molecule has 0 bridgehead atoms. The molecule has 0 saturated carbocycles. The van der Waals surface area contributed by atoms with E-state index >= 15 is 0 Å². The molecule has 1 unspecified atom stereocenters. The predicted molar refractivity (Wildman–Crippen MR) is 57.6 cm³/mol. The molecular formula is C10H12N6. The van der Waals surface area contributed by atoms with Crippen LogP contribution in [-0.4, -0.2) is 38.3 Å². The third-order valence-electron chi connectivity index (χ3n) is 2.68. The van der Waals surface area contributed by atoms with Crippen LogP contribution in [0.1, 0.15) is 12.5 Å². The van der Waals surface area contributed by atoms with Crippen molar-refractivity contribution < 1.29 is 0 Å². The molecule has 16 heavy (non-hydrogen) atoms. The number of rotatable bonds is 2. The van der Waals surface area contributed by atoms with E-state index in [9.17, 15) is 0 Å². The molecule has 6 heteroatoms. The quantitative estimate of drug-likeness (QED) is 0.780. The van der Waals surface area contributed by atoms with E-state index in [4.69, 9.17) is 0 Å². The minimum Gasteiger partial charge on any atom is -0.314 e. The van der Waals surface area contributed by atoms with Gasteiger partial charge in [-0.05, 0) is 30.3 Å². The van der Waals surface area contributed by atoms with Crippen molar-refractivity contribution in [3.63, 3.8) is 0 Å². The van der Waals surface area contributed by atoms with Gasteiger partial charge in [0.1, 0.15) is 5.69 Å². The molecule has 0 aromatic carbocycles. The summed E-state index contributed by atoms with van der Waals surface area (Å²) in [5.74, 6) is 0.590. The molecule has 2 aromatic rings. The van der Waals surface area contributed by atoms with Crippen LogP contribution in [0, 0.1) is 0 Å². The molecule has 3 heterocycles. The molecule has 1 N–H and O–H groups in total. The number of pyridine rings is 1. The van der Waals surface area contributed by atoms with Crippen molar-refractivity contribution in [1.29, 1.82) is 0 Å². The molecule has 0 spiro atoms. The van der Waals surface area contributed by atoms with Gasteiger partial charge in [0.2, 0.25) is 5.82 Å². The molecule has 6 nitrogen and oxygen atoms in total. The first-order valence-corrected chi connectivity index (χ1v) is 5.35. The van der Waals surface area contributed by atoms with Gasteiger partial charge in [0.05, 0.1) is 6.04 Å². The summed E-state index contributed by atoms with van der Waals surface area (Å²) < 4.78 is 0. The van der Waals surface area contributed by atoms with E-state index in [-0.39, 0.29) is 0 Å². The van der Waals surface area contributed by atoms with Gasteiger partial charge in [-0.25, -0.2) is 0 Å². The first-order valence-electron chi connectivity index (χ1n) is 5.35. The van der Waals surface area contributed by atoms with Crippen LogP contribution in [-0.2, 0) is 0 Å². The second kappa shape index (κ2) is 3.97. The van der Waals surface area contributed by atoms with Gasteiger partial charge >= 0.3 is 0 Å². The van der Waals surface area contributed by atoms with Gasteiger partial charge in [-0.2, -0.15) is 4.80 Å². The Kier molecular flexibility index (Phi) is 2.34. The zero-order valence-electron chi connectivity index (χ0n) is 8.74. The molecular weight excluding hydrogens is 204 g/mol. The van der Waals surface area contributed by atoms with E-state index in [1.807, 2.05) is 18.2 Å². The highest BCUT2D eigenvalue weighted by Crippen LogP contribution is 2.14. The van der Waals surface area contributed by atoms with E-state index in [0.29, 0.717) is 11.9 Å². The highest BCUT2D eigenvalue weighted by Gasteiger charge is 2.19. The lowest BCUT2D eigenvalue weighted by molar-refractivity contribution is 0.424. The molecule has 1 fully saturated rings. The highest BCUT2D eigenvalue weighted by molar-refractivity contribution is 5.46. The van der Waals surface area contributed by atoms with Gasteiger partial charge in [-0.1, -0.05) is 6.07 Å². The lowest BCUT2D eigenvalue weighted by atomic mass is 10.3. The Morgan fingerprint density at radius 1 is 1.38 bits per heavy atom. The van der Waals surface area contributed by atoms with Crippen molar-refractivity contribution in [2.24, 2.45) is 0 Å². The zero-order valence-corrected chi connectivity index (χ0v) is 8.74. The summed E-state index contributed by atoms with van der Waals surface area (Å²) in [5, 5.41) is 15.7. The van der Waals surface area contributed by atoms with Crippen LogP contribution >= 0.6 is 0 Å². The van der Waals surface area contributed by atoms with Gasteiger partial charge in [-0.3, -0.25) is 4.98 Å². The molecule has 1 aliphatic heterocycles. The topological polar surface area (TPSA) is 68.5 Å². The first kappa shape index (κ1) is 9.41. The van der Waals surface area contributed by atoms with Gasteiger partial charge in [-0.15, -0.1) is 10.2 Å². The molecule has 0 aliphatic carbocycles. The van der Waals surface area contributed by atoms with Gasteiger partial charge in [0.15, 0.2) is 0 Å². The maximum atomic E-state index is 4.35. The van der Waals surface area contributed by atoms with Crippen LogP contribution in [0.3, 0.4) is 0 Å². The Morgan fingerprint density at radius 3 is 3.12 bits per heavy atom. The van der Waals surface area contributed by atoms with E-state index in [2.05, 4.69) is 25.7 Å². The summed E-state index contributed by atoms with van der Waals surface area (Å²) in [7, 11) is 0. The minimum atomic E-state index is 0.324. The molecule has 1 atom stereocenters. The number of aromatic nitrogens is 5. The summed E-state index contributed by atoms with van der Waals surface area (Å²) >= 11 is 0. The third-order valence-corrected chi connectivity index (χ3v) is 2.68. The zero-order chi connectivity index (χ0) is 10.8. The molecule has 1 saturated heterocycles. The molecule has 1 aliphatic rings. The van der Waals surface area contributed by atoms with Crippen molar-refractivity contribution >= 4 is 0 Å². The highest BCUT2D eigenvalue weighted by atomic mass is 15.6. The van der Waals surface area contributed by atoms with E-state index in [0.717, 1.165) is 25.2 Å². The fraction of sp³-hybridized carbons (Fsp3) is 0.400. The molecule has 2 aromatic heterocycles. The Balaban J connectivity index is 1.87. The maximum Gasteiger partial charge on any atom is 0.223 e. The standard InChI is InChI=1S/C10H12N6/c1-2-5-12-9(3-1)10-13-15-16(14-10)8-4-6-11-7-8/h1-3,5,8,11H,4,6-7H2. The number of tetrazole rings is 1. The Bertz CT molecular complexity index is 459. The number of hydrogen-bond donors (Lipinski definition) is 1. The number of nitrogens with one attached hydrogen (secondary N) is 1. The average molecular weight is 216 g/mol. The molecule has 0 radical (unpaired) electrons. The average Bonchev–Trinajstić information content (AvgIpc) is 3.01. The Labute approximate surface area is 92.7 Å². The smallest absolute Gasteiger partial charge is 0.223 e. The van der Waals surface area contributed by atoms with E-state index < -0.39 is 0 Å².